The predicted octanol–water partition coefficient (Wildman–Crippen LogP) is 4.60. The quantitative estimate of drug-likeness (QED) is 0.691. The summed E-state index contributed by atoms with van der Waals surface area (Å²) in [5.74, 6) is -0.587. The minimum atomic E-state index is -0.621. The Morgan fingerprint density at radius 2 is 2.17 bits per heavy atom. The fourth-order valence-electron chi connectivity index (χ4n) is 1.89. The van der Waals surface area contributed by atoms with E-state index in [0.717, 1.165) is 35.7 Å². The SMILES string of the molecule is CCCCCCC(=O)C(C#N)c1cccc(Br)c1. The number of rotatable bonds is 7. The van der Waals surface area contributed by atoms with Crippen molar-refractivity contribution < 1.29 is 4.79 Å². The van der Waals surface area contributed by atoms with Crippen molar-refractivity contribution in [2.75, 3.05) is 0 Å². The Bertz CT molecular complexity index is 436. The molecule has 1 unspecified atom stereocenters. The third-order valence-corrected chi connectivity index (χ3v) is 3.40. The molecule has 96 valence electrons. The standard InChI is InChI=1S/C15H18BrNO/c1-2-3-4-5-9-15(18)14(11-17)12-7-6-8-13(16)10-12/h6-8,10,14H,2-5,9H2,1H3. The van der Waals surface area contributed by atoms with Crippen molar-refractivity contribution in [3.05, 3.63) is 34.3 Å². The number of hydrogen-bond acceptors (Lipinski definition) is 2. The molecule has 1 rings (SSSR count). The van der Waals surface area contributed by atoms with E-state index in [2.05, 4.69) is 28.9 Å². The molecular formula is C15H18BrNO. The van der Waals surface area contributed by atoms with Gasteiger partial charge < -0.3 is 0 Å². The molecule has 0 aliphatic rings. The van der Waals surface area contributed by atoms with Crippen molar-refractivity contribution in [1.29, 1.82) is 5.26 Å². The van der Waals surface area contributed by atoms with Gasteiger partial charge in [0.15, 0.2) is 5.78 Å². The van der Waals surface area contributed by atoms with Gasteiger partial charge in [-0.25, -0.2) is 0 Å². The predicted molar refractivity (Wildman–Crippen MR) is 76.3 cm³/mol. The largest absolute Gasteiger partial charge is 0.298 e. The molecule has 3 heteroatoms. The molecule has 1 aromatic carbocycles. The highest BCUT2D eigenvalue weighted by Crippen LogP contribution is 2.22. The van der Waals surface area contributed by atoms with Gasteiger partial charge in [0.2, 0.25) is 0 Å². The molecule has 0 aliphatic heterocycles. The van der Waals surface area contributed by atoms with Crippen LogP contribution in [0.5, 0.6) is 0 Å². The molecule has 0 heterocycles. The Kier molecular flexibility index (Phi) is 6.67. The van der Waals surface area contributed by atoms with Crippen LogP contribution >= 0.6 is 15.9 Å². The highest BCUT2D eigenvalue weighted by molar-refractivity contribution is 9.10. The fourth-order valence-corrected chi connectivity index (χ4v) is 2.31. The highest BCUT2D eigenvalue weighted by Gasteiger charge is 2.19. The van der Waals surface area contributed by atoms with Gasteiger partial charge in [0.05, 0.1) is 6.07 Å². The van der Waals surface area contributed by atoms with Crippen LogP contribution in [0.3, 0.4) is 0 Å². The second-order valence-electron chi connectivity index (χ2n) is 4.39. The molecule has 1 atom stereocenters. The number of nitrogens with zero attached hydrogens (tertiary/aromatic N) is 1. The van der Waals surface area contributed by atoms with Gasteiger partial charge in [-0.3, -0.25) is 4.79 Å². The van der Waals surface area contributed by atoms with Crippen LogP contribution in [0.1, 0.15) is 50.5 Å². The maximum absolute atomic E-state index is 12.0. The van der Waals surface area contributed by atoms with Gasteiger partial charge in [-0.05, 0) is 24.1 Å². The van der Waals surface area contributed by atoms with Gasteiger partial charge in [0.25, 0.3) is 0 Å². The molecule has 0 amide bonds. The maximum atomic E-state index is 12.0. The van der Waals surface area contributed by atoms with Gasteiger partial charge in [0.1, 0.15) is 5.92 Å². The van der Waals surface area contributed by atoms with Gasteiger partial charge >= 0.3 is 0 Å². The number of carbonyl (C=O) groups excluding carboxylic acids is 1. The second-order valence-corrected chi connectivity index (χ2v) is 5.31. The topological polar surface area (TPSA) is 40.9 Å². The number of halogens is 1. The number of unbranched alkanes of at least 4 members (excludes halogenated alkanes) is 3. The van der Waals surface area contributed by atoms with Crippen molar-refractivity contribution >= 4 is 21.7 Å². The Labute approximate surface area is 117 Å². The highest BCUT2D eigenvalue weighted by atomic mass is 79.9. The van der Waals surface area contributed by atoms with Crippen LogP contribution in [-0.4, -0.2) is 5.78 Å². The van der Waals surface area contributed by atoms with Crippen LogP contribution in [0.2, 0.25) is 0 Å². The lowest BCUT2D eigenvalue weighted by Gasteiger charge is -2.08. The van der Waals surface area contributed by atoms with E-state index in [4.69, 9.17) is 5.26 Å². The summed E-state index contributed by atoms with van der Waals surface area (Å²) in [6.45, 7) is 2.14. The minimum Gasteiger partial charge on any atom is -0.298 e. The van der Waals surface area contributed by atoms with Crippen molar-refractivity contribution in [3.8, 4) is 6.07 Å². The summed E-state index contributed by atoms with van der Waals surface area (Å²) < 4.78 is 0.902. The van der Waals surface area contributed by atoms with E-state index < -0.39 is 5.92 Å². The lowest BCUT2D eigenvalue weighted by molar-refractivity contribution is -0.119. The van der Waals surface area contributed by atoms with Crippen molar-refractivity contribution in [2.45, 2.75) is 44.9 Å². The molecule has 0 aromatic heterocycles. The van der Waals surface area contributed by atoms with Crippen LogP contribution in [0.25, 0.3) is 0 Å². The Morgan fingerprint density at radius 1 is 1.39 bits per heavy atom. The molecule has 0 radical (unpaired) electrons. The maximum Gasteiger partial charge on any atom is 0.154 e. The third kappa shape index (κ3) is 4.62. The lowest BCUT2D eigenvalue weighted by atomic mass is 9.93. The molecule has 0 N–H and O–H groups in total. The molecule has 2 nitrogen and oxygen atoms in total. The summed E-state index contributed by atoms with van der Waals surface area (Å²) in [5.41, 5.74) is 0.785. The normalized spacial score (nSPS) is 11.8. The molecule has 18 heavy (non-hydrogen) atoms. The number of Topliss-reactive ketones (excluding diaryl/α,β-unsaturated/α-hetero) is 1. The van der Waals surface area contributed by atoms with Crippen LogP contribution < -0.4 is 0 Å². The van der Waals surface area contributed by atoms with Crippen molar-refractivity contribution in [3.63, 3.8) is 0 Å². The van der Waals surface area contributed by atoms with Gasteiger partial charge in [-0.15, -0.1) is 0 Å². The zero-order valence-electron chi connectivity index (χ0n) is 10.7. The molecule has 0 bridgehead atoms. The Morgan fingerprint density at radius 3 is 2.78 bits per heavy atom. The fraction of sp³-hybridized carbons (Fsp3) is 0.467. The zero-order chi connectivity index (χ0) is 13.4. The number of hydrogen-bond donors (Lipinski definition) is 0. The molecular weight excluding hydrogens is 290 g/mol. The monoisotopic (exact) mass is 307 g/mol. The number of nitriles is 1. The smallest absolute Gasteiger partial charge is 0.154 e. The van der Waals surface area contributed by atoms with E-state index >= 15 is 0 Å². The van der Waals surface area contributed by atoms with Crippen molar-refractivity contribution in [2.24, 2.45) is 0 Å². The molecule has 0 fully saturated rings. The summed E-state index contributed by atoms with van der Waals surface area (Å²) in [6, 6.07) is 9.54. The van der Waals surface area contributed by atoms with Crippen LogP contribution in [-0.2, 0) is 4.79 Å². The van der Waals surface area contributed by atoms with Gasteiger partial charge in [0, 0.05) is 10.9 Å². The summed E-state index contributed by atoms with van der Waals surface area (Å²) in [4.78, 5) is 12.0. The molecule has 0 saturated carbocycles. The van der Waals surface area contributed by atoms with E-state index in [-0.39, 0.29) is 5.78 Å². The molecule has 0 saturated heterocycles. The summed E-state index contributed by atoms with van der Waals surface area (Å²) in [7, 11) is 0. The summed E-state index contributed by atoms with van der Waals surface area (Å²) >= 11 is 3.36. The van der Waals surface area contributed by atoms with Gasteiger partial charge in [-0.1, -0.05) is 54.2 Å². The first-order valence-electron chi connectivity index (χ1n) is 6.36. The van der Waals surface area contributed by atoms with E-state index in [0.29, 0.717) is 6.42 Å². The van der Waals surface area contributed by atoms with E-state index in [9.17, 15) is 4.79 Å². The first-order valence-corrected chi connectivity index (χ1v) is 7.16. The Hall–Kier alpha value is -1.14. The zero-order valence-corrected chi connectivity index (χ0v) is 12.2. The van der Waals surface area contributed by atoms with E-state index in [1.165, 1.54) is 0 Å². The second kappa shape index (κ2) is 8.05. The molecule has 0 aliphatic carbocycles. The van der Waals surface area contributed by atoms with Gasteiger partial charge in [-0.2, -0.15) is 5.26 Å². The first-order chi connectivity index (χ1) is 8.69. The number of carbonyl (C=O) groups is 1. The average Bonchev–Trinajstić information content (AvgIpc) is 2.36. The van der Waals surface area contributed by atoms with Crippen LogP contribution in [0.15, 0.2) is 28.7 Å². The number of benzene rings is 1. The van der Waals surface area contributed by atoms with E-state index in [1.54, 1.807) is 0 Å². The Balaban J connectivity index is 2.61. The van der Waals surface area contributed by atoms with Crippen LogP contribution in [0.4, 0.5) is 0 Å². The third-order valence-electron chi connectivity index (χ3n) is 2.91. The minimum absolute atomic E-state index is 0.0340. The van der Waals surface area contributed by atoms with Crippen molar-refractivity contribution in [1.82, 2.24) is 0 Å². The molecule has 0 spiro atoms. The van der Waals surface area contributed by atoms with E-state index in [1.807, 2.05) is 24.3 Å². The average molecular weight is 308 g/mol. The number of ketones is 1. The summed E-state index contributed by atoms with van der Waals surface area (Å²) in [6.07, 6.45) is 4.77. The molecule has 1 aromatic rings. The lowest BCUT2D eigenvalue weighted by Crippen LogP contribution is -2.10. The first kappa shape index (κ1) is 14.9. The van der Waals surface area contributed by atoms with Crippen LogP contribution in [0, 0.1) is 11.3 Å². The summed E-state index contributed by atoms with van der Waals surface area (Å²) in [5, 5.41) is 9.16.